The molecule has 7 heteroatoms. The van der Waals surface area contributed by atoms with E-state index in [9.17, 15) is 4.79 Å². The first-order valence-electron chi connectivity index (χ1n) is 9.38. The van der Waals surface area contributed by atoms with E-state index in [4.69, 9.17) is 0 Å². The summed E-state index contributed by atoms with van der Waals surface area (Å²) < 4.78 is 1.63. The summed E-state index contributed by atoms with van der Waals surface area (Å²) in [7, 11) is 0. The van der Waals surface area contributed by atoms with Crippen molar-refractivity contribution in [2.24, 2.45) is 0 Å². The van der Waals surface area contributed by atoms with Gasteiger partial charge in [-0.05, 0) is 37.5 Å². The van der Waals surface area contributed by atoms with Crippen molar-refractivity contribution in [1.29, 1.82) is 0 Å². The van der Waals surface area contributed by atoms with Gasteiger partial charge in [0.25, 0.3) is 11.7 Å². The average Bonchev–Trinajstić information content (AvgIpc) is 3.12. The lowest BCUT2D eigenvalue weighted by Gasteiger charge is -2.36. The normalized spacial score (nSPS) is 17.4. The van der Waals surface area contributed by atoms with E-state index in [-0.39, 0.29) is 17.8 Å². The first-order valence-corrected chi connectivity index (χ1v) is 9.38. The summed E-state index contributed by atoms with van der Waals surface area (Å²) in [6, 6.07) is 10.4. The number of amides is 1. The van der Waals surface area contributed by atoms with Gasteiger partial charge in [0.05, 0.1) is 6.04 Å². The molecule has 0 saturated carbocycles. The highest BCUT2D eigenvalue weighted by molar-refractivity contribution is 5.91. The quantitative estimate of drug-likeness (QED) is 0.770. The number of carbonyl (C=O) groups is 1. The van der Waals surface area contributed by atoms with Crippen molar-refractivity contribution in [3.05, 3.63) is 58.7 Å². The summed E-state index contributed by atoms with van der Waals surface area (Å²) in [5.41, 5.74) is 4.19. The Hall–Kier alpha value is -2.80. The van der Waals surface area contributed by atoms with Crippen molar-refractivity contribution in [2.45, 2.75) is 33.2 Å². The maximum absolute atomic E-state index is 13.2. The average molecular weight is 364 g/mol. The molecule has 1 aliphatic heterocycles. The second-order valence-corrected chi connectivity index (χ2v) is 7.00. The van der Waals surface area contributed by atoms with Crippen LogP contribution in [0.5, 0.6) is 0 Å². The molecule has 1 N–H and O–H groups in total. The van der Waals surface area contributed by atoms with Crippen LogP contribution in [0.4, 0.5) is 0 Å². The monoisotopic (exact) mass is 364 g/mol. The van der Waals surface area contributed by atoms with Gasteiger partial charge in [0, 0.05) is 31.0 Å². The molecule has 0 aliphatic carbocycles. The summed E-state index contributed by atoms with van der Waals surface area (Å²) in [6.45, 7) is 8.10. The third-order valence-electron chi connectivity index (χ3n) is 5.09. The van der Waals surface area contributed by atoms with Gasteiger partial charge in [-0.25, -0.2) is 9.50 Å². The Labute approximate surface area is 158 Å². The number of benzene rings is 1. The maximum atomic E-state index is 13.2. The van der Waals surface area contributed by atoms with Crippen LogP contribution in [0.2, 0.25) is 0 Å². The molecule has 0 bridgehead atoms. The van der Waals surface area contributed by atoms with Crippen LogP contribution in [0.3, 0.4) is 0 Å². The highest BCUT2D eigenvalue weighted by Crippen LogP contribution is 2.24. The number of hydrogen-bond donors (Lipinski definition) is 1. The molecule has 4 rings (SSSR count). The van der Waals surface area contributed by atoms with Crippen molar-refractivity contribution in [3.63, 3.8) is 0 Å². The summed E-state index contributed by atoms with van der Waals surface area (Å²) >= 11 is 0. The standard InChI is InChI=1S/C20H24N6O/c1-4-15-5-7-16(8-6-15)17-12-21-9-10-25(17)19(27)18-23-20-22-13(2)11-14(3)26(20)24-18/h5-8,11,17,21H,4,9-10,12H2,1-3H3. The fourth-order valence-corrected chi connectivity index (χ4v) is 3.61. The highest BCUT2D eigenvalue weighted by Gasteiger charge is 2.31. The van der Waals surface area contributed by atoms with Crippen molar-refractivity contribution < 1.29 is 4.79 Å². The third-order valence-corrected chi connectivity index (χ3v) is 5.09. The zero-order chi connectivity index (χ0) is 19.0. The Morgan fingerprint density at radius 1 is 1.22 bits per heavy atom. The van der Waals surface area contributed by atoms with Crippen LogP contribution in [0, 0.1) is 13.8 Å². The fourth-order valence-electron chi connectivity index (χ4n) is 3.61. The molecular weight excluding hydrogens is 340 g/mol. The van der Waals surface area contributed by atoms with Crippen LogP contribution >= 0.6 is 0 Å². The number of aryl methyl sites for hydroxylation is 3. The Balaban J connectivity index is 1.67. The van der Waals surface area contributed by atoms with Gasteiger partial charge in [-0.15, -0.1) is 5.10 Å². The molecule has 1 aromatic carbocycles. The summed E-state index contributed by atoms with van der Waals surface area (Å²) in [6.07, 6.45) is 1.00. The number of aromatic nitrogens is 4. The van der Waals surface area contributed by atoms with E-state index < -0.39 is 0 Å². The van der Waals surface area contributed by atoms with Gasteiger partial charge in [0.2, 0.25) is 5.82 Å². The topological polar surface area (TPSA) is 75.4 Å². The van der Waals surface area contributed by atoms with Gasteiger partial charge in [0.15, 0.2) is 0 Å². The lowest BCUT2D eigenvalue weighted by atomic mass is 10.0. The number of carbonyl (C=O) groups excluding carboxylic acids is 1. The van der Waals surface area contributed by atoms with E-state index in [1.165, 1.54) is 5.56 Å². The zero-order valence-corrected chi connectivity index (χ0v) is 15.9. The van der Waals surface area contributed by atoms with E-state index in [0.717, 1.165) is 36.5 Å². The number of hydrogen-bond acceptors (Lipinski definition) is 5. The van der Waals surface area contributed by atoms with E-state index in [0.29, 0.717) is 12.3 Å². The molecule has 3 aromatic rings. The lowest BCUT2D eigenvalue weighted by Crippen LogP contribution is -2.49. The van der Waals surface area contributed by atoms with E-state index >= 15 is 0 Å². The molecule has 1 unspecified atom stereocenters. The highest BCUT2D eigenvalue weighted by atomic mass is 16.2. The van der Waals surface area contributed by atoms with Gasteiger partial charge >= 0.3 is 0 Å². The van der Waals surface area contributed by atoms with Crippen molar-refractivity contribution >= 4 is 11.7 Å². The minimum atomic E-state index is -0.149. The minimum Gasteiger partial charge on any atom is -0.326 e. The lowest BCUT2D eigenvalue weighted by molar-refractivity contribution is 0.0622. The number of nitrogens with one attached hydrogen (secondary N) is 1. The second-order valence-electron chi connectivity index (χ2n) is 7.00. The third kappa shape index (κ3) is 3.30. The molecule has 27 heavy (non-hydrogen) atoms. The molecule has 1 amide bonds. The Morgan fingerprint density at radius 2 is 2.00 bits per heavy atom. The van der Waals surface area contributed by atoms with Crippen LogP contribution in [0.1, 0.15) is 46.1 Å². The maximum Gasteiger partial charge on any atom is 0.294 e. The first kappa shape index (κ1) is 17.6. The van der Waals surface area contributed by atoms with Crippen molar-refractivity contribution in [3.8, 4) is 0 Å². The molecule has 1 aliphatic rings. The molecule has 1 atom stereocenters. The summed E-state index contributed by atoms with van der Waals surface area (Å²) in [5, 5.41) is 7.80. The van der Waals surface area contributed by atoms with E-state index in [1.807, 2.05) is 24.8 Å². The van der Waals surface area contributed by atoms with Crippen LogP contribution in [0.25, 0.3) is 5.78 Å². The molecule has 1 fully saturated rings. The Morgan fingerprint density at radius 3 is 2.74 bits per heavy atom. The Bertz CT molecular complexity index is 978. The number of fused-ring (bicyclic) bond motifs is 1. The van der Waals surface area contributed by atoms with Gasteiger partial charge < -0.3 is 10.2 Å². The molecular formula is C20H24N6O. The van der Waals surface area contributed by atoms with Crippen LogP contribution in [-0.2, 0) is 6.42 Å². The number of rotatable bonds is 3. The molecule has 2 aromatic heterocycles. The molecule has 1 saturated heterocycles. The SMILES string of the molecule is CCc1ccc(C2CNCCN2C(=O)c2nc3nc(C)cc(C)n3n2)cc1. The van der Waals surface area contributed by atoms with Crippen LogP contribution < -0.4 is 5.32 Å². The molecule has 0 spiro atoms. The van der Waals surface area contributed by atoms with Gasteiger partial charge in [-0.3, -0.25) is 4.79 Å². The number of nitrogens with zero attached hydrogens (tertiary/aromatic N) is 5. The van der Waals surface area contributed by atoms with E-state index in [2.05, 4.69) is 51.6 Å². The largest absolute Gasteiger partial charge is 0.326 e. The second kappa shape index (κ2) is 7.08. The molecule has 0 radical (unpaired) electrons. The smallest absolute Gasteiger partial charge is 0.294 e. The van der Waals surface area contributed by atoms with Crippen molar-refractivity contribution in [1.82, 2.24) is 29.8 Å². The van der Waals surface area contributed by atoms with E-state index in [1.54, 1.807) is 4.52 Å². The fraction of sp³-hybridized carbons (Fsp3) is 0.400. The van der Waals surface area contributed by atoms with Gasteiger partial charge in [-0.2, -0.15) is 4.98 Å². The molecule has 140 valence electrons. The summed E-state index contributed by atoms with van der Waals surface area (Å²) in [5.74, 6) is 0.520. The van der Waals surface area contributed by atoms with Gasteiger partial charge in [0.1, 0.15) is 0 Å². The van der Waals surface area contributed by atoms with Gasteiger partial charge in [-0.1, -0.05) is 31.2 Å². The van der Waals surface area contributed by atoms with Crippen molar-refractivity contribution in [2.75, 3.05) is 19.6 Å². The molecule has 3 heterocycles. The van der Waals surface area contributed by atoms with Crippen LogP contribution in [-0.4, -0.2) is 50.0 Å². The molecule has 7 nitrogen and oxygen atoms in total. The number of piperazine rings is 1. The first-order chi connectivity index (χ1) is 13.1. The predicted molar refractivity (Wildman–Crippen MR) is 103 cm³/mol. The van der Waals surface area contributed by atoms with Crippen LogP contribution in [0.15, 0.2) is 30.3 Å². The minimum absolute atomic E-state index is 0.0282. The predicted octanol–water partition coefficient (Wildman–Crippen LogP) is 2.09. The summed E-state index contributed by atoms with van der Waals surface area (Å²) in [4.78, 5) is 23.9. The Kier molecular flexibility index (Phi) is 4.61. The zero-order valence-electron chi connectivity index (χ0n) is 15.9.